The van der Waals surface area contributed by atoms with E-state index < -0.39 is 0 Å². The van der Waals surface area contributed by atoms with E-state index in [0.717, 1.165) is 25.3 Å². The lowest BCUT2D eigenvalue weighted by Crippen LogP contribution is -2.58. The van der Waals surface area contributed by atoms with E-state index in [0.29, 0.717) is 12.1 Å². The van der Waals surface area contributed by atoms with Crippen LogP contribution >= 0.6 is 0 Å². The molecule has 0 atom stereocenters. The lowest BCUT2D eigenvalue weighted by molar-refractivity contribution is 0.0109. The highest BCUT2D eigenvalue weighted by Crippen LogP contribution is 2.41. The molecule has 20 heavy (non-hydrogen) atoms. The Morgan fingerprint density at radius 2 is 1.75 bits per heavy atom. The number of nitrogens with zero attached hydrogens (tertiary/aromatic N) is 2. The number of nitrogens with two attached hydrogens (primary N) is 1. The molecular weight excluding hydrogens is 250 g/mol. The Hall–Kier alpha value is -0.770. The summed E-state index contributed by atoms with van der Waals surface area (Å²) in [5, 5.41) is 0. The quantitative estimate of drug-likeness (QED) is 0.791. The molecule has 2 aliphatic carbocycles. The molecule has 0 amide bonds. The van der Waals surface area contributed by atoms with E-state index in [9.17, 15) is 0 Å². The highest BCUT2D eigenvalue weighted by molar-refractivity contribution is 5.81. The molecule has 0 saturated heterocycles. The highest BCUT2D eigenvalue weighted by Gasteiger charge is 2.47. The second-order valence-corrected chi connectivity index (χ2v) is 6.85. The molecule has 2 saturated carbocycles. The van der Waals surface area contributed by atoms with E-state index in [1.54, 1.807) is 0 Å². The lowest BCUT2D eigenvalue weighted by Gasteiger charge is -2.47. The molecule has 0 aromatic carbocycles. The van der Waals surface area contributed by atoms with Crippen molar-refractivity contribution >= 4 is 5.96 Å². The maximum atomic E-state index is 6.28. The maximum absolute atomic E-state index is 6.28. The summed E-state index contributed by atoms with van der Waals surface area (Å²) < 4.78 is 5.53. The molecule has 0 unspecified atom stereocenters. The third-order valence-electron chi connectivity index (χ3n) is 5.68. The third kappa shape index (κ3) is 2.54. The van der Waals surface area contributed by atoms with Crippen molar-refractivity contribution < 1.29 is 4.74 Å². The van der Waals surface area contributed by atoms with E-state index in [1.165, 1.54) is 51.4 Å². The van der Waals surface area contributed by atoms with Crippen LogP contribution in [0.15, 0.2) is 4.99 Å². The fraction of sp³-hybridized carbons (Fsp3) is 0.938. The zero-order chi connectivity index (χ0) is 14.0. The van der Waals surface area contributed by atoms with Gasteiger partial charge in [0.05, 0.1) is 18.2 Å². The first kappa shape index (κ1) is 14.2. The van der Waals surface area contributed by atoms with Gasteiger partial charge in [0, 0.05) is 13.2 Å². The van der Waals surface area contributed by atoms with E-state index >= 15 is 0 Å². The van der Waals surface area contributed by atoms with Crippen molar-refractivity contribution in [3.8, 4) is 0 Å². The molecule has 4 nitrogen and oxygen atoms in total. The van der Waals surface area contributed by atoms with Gasteiger partial charge in [-0.25, -0.2) is 0 Å². The Kier molecular flexibility index (Phi) is 4.20. The number of ether oxygens (including phenoxy) is 1. The van der Waals surface area contributed by atoms with Gasteiger partial charge in [-0.05, 0) is 38.5 Å². The summed E-state index contributed by atoms with van der Waals surface area (Å²) in [6, 6.07) is 0.628. The van der Waals surface area contributed by atoms with Crippen molar-refractivity contribution in [2.24, 2.45) is 10.7 Å². The topological polar surface area (TPSA) is 50.9 Å². The van der Waals surface area contributed by atoms with Crippen molar-refractivity contribution in [2.45, 2.75) is 81.9 Å². The maximum Gasteiger partial charge on any atom is 0.192 e. The first-order valence-corrected chi connectivity index (χ1v) is 8.37. The van der Waals surface area contributed by atoms with Gasteiger partial charge in [0.15, 0.2) is 5.96 Å². The summed E-state index contributed by atoms with van der Waals surface area (Å²) in [6.45, 7) is 0.908. The fourth-order valence-electron chi connectivity index (χ4n) is 4.48. The van der Waals surface area contributed by atoms with Crippen molar-refractivity contribution in [2.75, 3.05) is 13.7 Å². The van der Waals surface area contributed by atoms with Crippen molar-refractivity contribution in [3.05, 3.63) is 0 Å². The molecule has 1 heterocycles. The molecule has 0 aromatic rings. The predicted molar refractivity (Wildman–Crippen MR) is 81.8 cm³/mol. The summed E-state index contributed by atoms with van der Waals surface area (Å²) in [6.07, 6.45) is 13.2. The van der Waals surface area contributed by atoms with Gasteiger partial charge in [-0.2, -0.15) is 0 Å². The zero-order valence-electron chi connectivity index (χ0n) is 12.8. The van der Waals surface area contributed by atoms with Crippen LogP contribution in [0.3, 0.4) is 0 Å². The van der Waals surface area contributed by atoms with Crippen LogP contribution in [0.5, 0.6) is 0 Å². The summed E-state index contributed by atoms with van der Waals surface area (Å²) in [5.41, 5.74) is 6.49. The Morgan fingerprint density at radius 1 is 1.10 bits per heavy atom. The van der Waals surface area contributed by atoms with Gasteiger partial charge in [0.2, 0.25) is 0 Å². The first-order valence-electron chi connectivity index (χ1n) is 8.37. The molecule has 1 aliphatic heterocycles. The molecule has 0 aromatic heterocycles. The summed E-state index contributed by atoms with van der Waals surface area (Å²) in [4.78, 5) is 7.16. The molecule has 4 heteroatoms. The molecule has 0 radical (unpaired) electrons. The number of methoxy groups -OCH3 is 1. The normalized spacial score (nSPS) is 36.1. The largest absolute Gasteiger partial charge is 0.381 e. The van der Waals surface area contributed by atoms with Gasteiger partial charge in [0.25, 0.3) is 0 Å². The second-order valence-electron chi connectivity index (χ2n) is 6.85. The van der Waals surface area contributed by atoms with Crippen LogP contribution in [-0.2, 0) is 4.74 Å². The van der Waals surface area contributed by atoms with E-state index in [2.05, 4.69) is 9.89 Å². The van der Waals surface area contributed by atoms with Crippen LogP contribution in [0.2, 0.25) is 0 Å². The Morgan fingerprint density at radius 3 is 2.35 bits per heavy atom. The number of aliphatic imine (C=N–C) groups is 1. The molecule has 114 valence electrons. The minimum absolute atomic E-state index is 0.216. The van der Waals surface area contributed by atoms with Gasteiger partial charge >= 0.3 is 0 Å². The molecule has 2 N–H and O–H groups in total. The average molecular weight is 279 g/mol. The minimum Gasteiger partial charge on any atom is -0.381 e. The van der Waals surface area contributed by atoms with Gasteiger partial charge in [-0.3, -0.25) is 4.99 Å². The Balaban J connectivity index is 1.74. The summed E-state index contributed by atoms with van der Waals surface area (Å²) in [5.74, 6) is 0.813. The molecule has 0 bridgehead atoms. The van der Waals surface area contributed by atoms with Gasteiger partial charge in [-0.1, -0.05) is 25.7 Å². The van der Waals surface area contributed by atoms with E-state index in [4.69, 9.17) is 10.5 Å². The van der Waals surface area contributed by atoms with Crippen LogP contribution in [0.4, 0.5) is 0 Å². The van der Waals surface area contributed by atoms with E-state index in [1.807, 2.05) is 7.11 Å². The number of hydrogen-bond donors (Lipinski definition) is 1. The average Bonchev–Trinajstić information content (AvgIpc) is 2.68. The predicted octanol–water partition coefficient (Wildman–Crippen LogP) is 2.67. The van der Waals surface area contributed by atoms with Crippen molar-refractivity contribution in [1.29, 1.82) is 0 Å². The molecular formula is C16H29N3O. The molecule has 3 aliphatic rings. The Labute approximate surface area is 122 Å². The van der Waals surface area contributed by atoms with Crippen LogP contribution < -0.4 is 5.73 Å². The summed E-state index contributed by atoms with van der Waals surface area (Å²) >= 11 is 0. The summed E-state index contributed by atoms with van der Waals surface area (Å²) in [7, 11) is 1.84. The van der Waals surface area contributed by atoms with Crippen molar-refractivity contribution in [3.63, 3.8) is 0 Å². The number of hydrogen-bond acceptors (Lipinski definition) is 4. The minimum atomic E-state index is 0.216. The number of rotatable bonds is 2. The van der Waals surface area contributed by atoms with Crippen LogP contribution in [0, 0.1) is 0 Å². The highest BCUT2D eigenvalue weighted by atomic mass is 16.5. The lowest BCUT2D eigenvalue weighted by atomic mass is 9.78. The molecule has 2 fully saturated rings. The fourth-order valence-corrected chi connectivity index (χ4v) is 4.48. The molecule has 3 rings (SSSR count). The van der Waals surface area contributed by atoms with E-state index in [-0.39, 0.29) is 5.54 Å². The molecule has 1 spiro atoms. The first-order chi connectivity index (χ1) is 9.75. The van der Waals surface area contributed by atoms with Gasteiger partial charge in [-0.15, -0.1) is 0 Å². The number of guanidine groups is 1. The Bertz CT molecular complexity index is 353. The smallest absolute Gasteiger partial charge is 0.192 e. The zero-order valence-corrected chi connectivity index (χ0v) is 12.8. The van der Waals surface area contributed by atoms with Crippen LogP contribution in [-0.4, -0.2) is 42.2 Å². The van der Waals surface area contributed by atoms with Crippen LogP contribution in [0.1, 0.15) is 64.2 Å². The van der Waals surface area contributed by atoms with Crippen LogP contribution in [0.25, 0.3) is 0 Å². The van der Waals surface area contributed by atoms with Gasteiger partial charge < -0.3 is 15.4 Å². The monoisotopic (exact) mass is 279 g/mol. The SMILES string of the molecule is COC1CCC2(CC1)CN=C(N)N2C1CCCCCC1. The standard InChI is InChI=1S/C16H29N3O/c1-20-14-8-10-16(11-9-14)12-18-15(17)19(16)13-6-4-2-3-5-7-13/h13-14H,2-12H2,1H3,(H2,17,18). The third-order valence-corrected chi connectivity index (χ3v) is 5.68. The van der Waals surface area contributed by atoms with Crippen molar-refractivity contribution in [1.82, 2.24) is 4.90 Å². The van der Waals surface area contributed by atoms with Gasteiger partial charge in [0.1, 0.15) is 0 Å². The second kappa shape index (κ2) is 5.92.